The fourth-order valence-electron chi connectivity index (χ4n) is 2.00. The zero-order valence-electron chi connectivity index (χ0n) is 10.6. The number of alkyl halides is 3. The molecular weight excluding hydrogens is 293 g/mol. The lowest BCUT2D eigenvalue weighted by molar-refractivity contribution is -0.201. The monoisotopic (exact) mass is 308 g/mol. The van der Waals surface area contributed by atoms with E-state index in [0.29, 0.717) is 13.1 Å². The Balaban J connectivity index is 1.76. The summed E-state index contributed by atoms with van der Waals surface area (Å²) < 4.78 is 36.2. The highest BCUT2D eigenvalue weighted by atomic mass is 32.1. The van der Waals surface area contributed by atoms with Gasteiger partial charge in [0, 0.05) is 24.5 Å². The summed E-state index contributed by atoms with van der Waals surface area (Å²) in [7, 11) is 0. The van der Waals surface area contributed by atoms with Gasteiger partial charge in [-0.25, -0.2) is 0 Å². The molecule has 2 rings (SSSR count). The van der Waals surface area contributed by atoms with Gasteiger partial charge in [-0.15, -0.1) is 11.3 Å². The van der Waals surface area contributed by atoms with Crippen LogP contribution < -0.4 is 5.32 Å². The molecule has 1 amide bonds. The number of hydrogen-bond donors (Lipinski definition) is 2. The molecule has 0 bridgehead atoms. The van der Waals surface area contributed by atoms with Gasteiger partial charge in [-0.1, -0.05) is 0 Å². The van der Waals surface area contributed by atoms with Crippen molar-refractivity contribution in [3.8, 4) is 0 Å². The van der Waals surface area contributed by atoms with Crippen molar-refractivity contribution in [2.45, 2.75) is 25.2 Å². The topological polar surface area (TPSA) is 52.6 Å². The quantitative estimate of drug-likeness (QED) is 0.877. The summed E-state index contributed by atoms with van der Waals surface area (Å²) in [5.41, 5.74) is 1.10. The minimum Gasteiger partial charge on any atom is -0.382 e. The number of halogens is 3. The summed E-state index contributed by atoms with van der Waals surface area (Å²) in [6, 6.07) is 1.96. The highest BCUT2D eigenvalue weighted by molar-refractivity contribution is 7.10. The van der Waals surface area contributed by atoms with Gasteiger partial charge in [-0.05, 0) is 23.4 Å². The number of carbonyl (C=O) groups is 1. The van der Waals surface area contributed by atoms with Gasteiger partial charge in [0.25, 0.3) is 0 Å². The standard InChI is InChI=1S/C12H15F3N2O2S/c13-12(14,15)10(18)5-16-6-11(19)17-3-1-9-8(7-17)2-4-20-9/h2,4,10,16,18H,1,3,5-7H2. The van der Waals surface area contributed by atoms with Crippen molar-refractivity contribution < 1.29 is 23.1 Å². The van der Waals surface area contributed by atoms with Crippen LogP contribution in [0.5, 0.6) is 0 Å². The van der Waals surface area contributed by atoms with E-state index in [1.54, 1.807) is 16.2 Å². The van der Waals surface area contributed by atoms with Crippen LogP contribution in [0.4, 0.5) is 13.2 Å². The van der Waals surface area contributed by atoms with E-state index in [0.717, 1.165) is 12.0 Å². The van der Waals surface area contributed by atoms with Crippen LogP contribution in [0.3, 0.4) is 0 Å². The molecule has 1 aliphatic rings. The van der Waals surface area contributed by atoms with E-state index < -0.39 is 18.8 Å². The Labute approximate surface area is 118 Å². The van der Waals surface area contributed by atoms with Crippen LogP contribution in [0.25, 0.3) is 0 Å². The molecule has 2 heterocycles. The first-order valence-electron chi connectivity index (χ1n) is 6.16. The van der Waals surface area contributed by atoms with Crippen molar-refractivity contribution in [3.05, 3.63) is 21.9 Å². The Morgan fingerprint density at radius 2 is 2.30 bits per heavy atom. The minimum absolute atomic E-state index is 0.202. The molecule has 4 nitrogen and oxygen atoms in total. The van der Waals surface area contributed by atoms with E-state index in [1.165, 1.54) is 4.88 Å². The lowest BCUT2D eigenvalue weighted by atomic mass is 10.1. The average molecular weight is 308 g/mol. The third kappa shape index (κ3) is 3.71. The van der Waals surface area contributed by atoms with E-state index >= 15 is 0 Å². The first-order chi connectivity index (χ1) is 9.38. The van der Waals surface area contributed by atoms with Crippen molar-refractivity contribution >= 4 is 17.2 Å². The summed E-state index contributed by atoms with van der Waals surface area (Å²) >= 11 is 1.65. The molecule has 0 spiro atoms. The van der Waals surface area contributed by atoms with Crippen LogP contribution in [0, 0.1) is 0 Å². The number of hydrogen-bond acceptors (Lipinski definition) is 4. The van der Waals surface area contributed by atoms with Crippen LogP contribution in [0.2, 0.25) is 0 Å². The lowest BCUT2D eigenvalue weighted by Crippen LogP contribution is -2.44. The molecule has 0 saturated heterocycles. The van der Waals surface area contributed by atoms with E-state index in [2.05, 4.69) is 5.32 Å². The highest BCUT2D eigenvalue weighted by Crippen LogP contribution is 2.24. The summed E-state index contributed by atoms with van der Waals surface area (Å²) in [6.07, 6.45) is -6.32. The molecule has 112 valence electrons. The molecule has 0 radical (unpaired) electrons. The van der Waals surface area contributed by atoms with Crippen molar-refractivity contribution in [2.24, 2.45) is 0 Å². The number of amides is 1. The Bertz CT molecular complexity index is 476. The molecule has 1 aliphatic heterocycles. The number of rotatable bonds is 4. The maximum atomic E-state index is 12.1. The normalized spacial score (nSPS) is 16.9. The molecule has 8 heteroatoms. The smallest absolute Gasteiger partial charge is 0.382 e. The van der Waals surface area contributed by atoms with Gasteiger partial charge in [-0.2, -0.15) is 13.2 Å². The Hall–Kier alpha value is -1.12. The van der Waals surface area contributed by atoms with Gasteiger partial charge in [-0.3, -0.25) is 4.79 Å². The number of aliphatic hydroxyl groups is 1. The van der Waals surface area contributed by atoms with Gasteiger partial charge >= 0.3 is 6.18 Å². The van der Waals surface area contributed by atoms with Crippen LogP contribution in [0.15, 0.2) is 11.4 Å². The number of nitrogens with zero attached hydrogens (tertiary/aromatic N) is 1. The fraction of sp³-hybridized carbons (Fsp3) is 0.583. The molecule has 2 N–H and O–H groups in total. The van der Waals surface area contributed by atoms with Crippen LogP contribution >= 0.6 is 11.3 Å². The zero-order valence-corrected chi connectivity index (χ0v) is 11.4. The highest BCUT2D eigenvalue weighted by Gasteiger charge is 2.37. The molecule has 1 unspecified atom stereocenters. The van der Waals surface area contributed by atoms with Gasteiger partial charge in [0.2, 0.25) is 5.91 Å². The summed E-state index contributed by atoms with van der Waals surface area (Å²) in [6.45, 7) is 0.205. The molecule has 0 fully saturated rings. The lowest BCUT2D eigenvalue weighted by Gasteiger charge is -2.27. The third-order valence-electron chi connectivity index (χ3n) is 3.15. The average Bonchev–Trinajstić information content (AvgIpc) is 2.84. The maximum absolute atomic E-state index is 12.1. The Morgan fingerprint density at radius 3 is 3.00 bits per heavy atom. The summed E-state index contributed by atoms with van der Waals surface area (Å²) in [5.74, 6) is -0.253. The zero-order chi connectivity index (χ0) is 14.8. The van der Waals surface area contributed by atoms with Crippen LogP contribution in [-0.4, -0.2) is 47.8 Å². The second-order valence-electron chi connectivity index (χ2n) is 4.62. The number of nitrogens with one attached hydrogen (secondary N) is 1. The second kappa shape index (κ2) is 6.11. The van der Waals surface area contributed by atoms with E-state index in [4.69, 9.17) is 5.11 Å². The van der Waals surface area contributed by atoms with Crippen molar-refractivity contribution in [1.29, 1.82) is 0 Å². The molecule has 0 aliphatic carbocycles. The van der Waals surface area contributed by atoms with Gasteiger partial charge in [0.05, 0.1) is 6.54 Å². The van der Waals surface area contributed by atoms with E-state index in [9.17, 15) is 18.0 Å². The minimum atomic E-state index is -4.66. The van der Waals surface area contributed by atoms with Crippen molar-refractivity contribution in [1.82, 2.24) is 10.2 Å². The Morgan fingerprint density at radius 1 is 1.55 bits per heavy atom. The first kappa shape index (κ1) is 15.3. The number of fused-ring (bicyclic) bond motifs is 1. The predicted octanol–water partition coefficient (Wildman–Crippen LogP) is 1.15. The molecule has 1 aromatic heterocycles. The predicted molar refractivity (Wildman–Crippen MR) is 68.4 cm³/mol. The third-order valence-corrected chi connectivity index (χ3v) is 4.18. The molecule has 1 atom stereocenters. The fourth-order valence-corrected chi connectivity index (χ4v) is 2.89. The van der Waals surface area contributed by atoms with Gasteiger partial charge in [0.1, 0.15) is 0 Å². The van der Waals surface area contributed by atoms with E-state index in [1.807, 2.05) is 11.4 Å². The molecular formula is C12H15F3N2O2S. The van der Waals surface area contributed by atoms with Gasteiger partial charge < -0.3 is 15.3 Å². The largest absolute Gasteiger partial charge is 0.415 e. The van der Waals surface area contributed by atoms with Crippen molar-refractivity contribution in [3.63, 3.8) is 0 Å². The second-order valence-corrected chi connectivity index (χ2v) is 5.62. The van der Waals surface area contributed by atoms with Crippen LogP contribution in [-0.2, 0) is 17.8 Å². The van der Waals surface area contributed by atoms with Crippen molar-refractivity contribution in [2.75, 3.05) is 19.6 Å². The molecule has 20 heavy (non-hydrogen) atoms. The SMILES string of the molecule is O=C(CNCC(O)C(F)(F)F)N1CCc2sccc2C1. The first-order valence-corrected chi connectivity index (χ1v) is 7.04. The van der Waals surface area contributed by atoms with E-state index in [-0.39, 0.29) is 12.5 Å². The maximum Gasteiger partial charge on any atom is 0.415 e. The number of thiophene rings is 1. The number of aliphatic hydroxyl groups excluding tert-OH is 1. The molecule has 0 saturated carbocycles. The molecule has 1 aromatic rings. The Kier molecular flexibility index (Phi) is 4.66. The molecule has 0 aromatic carbocycles. The summed E-state index contributed by atoms with van der Waals surface area (Å²) in [5, 5.41) is 13.1. The van der Waals surface area contributed by atoms with Gasteiger partial charge in [0.15, 0.2) is 6.10 Å². The number of carbonyl (C=O) groups excluding carboxylic acids is 1. The van der Waals surface area contributed by atoms with Crippen LogP contribution in [0.1, 0.15) is 10.4 Å². The summed E-state index contributed by atoms with van der Waals surface area (Å²) in [4.78, 5) is 14.7.